The van der Waals surface area contributed by atoms with Crippen molar-refractivity contribution >= 4 is 29.9 Å². The van der Waals surface area contributed by atoms with Crippen LogP contribution in [0.4, 0.5) is 0 Å². The molecule has 1 aliphatic heterocycles. The number of piperidine rings is 1. The van der Waals surface area contributed by atoms with E-state index in [1.165, 1.54) is 38.9 Å². The van der Waals surface area contributed by atoms with Gasteiger partial charge in [0.25, 0.3) is 0 Å². The zero-order valence-corrected chi connectivity index (χ0v) is 19.4. The van der Waals surface area contributed by atoms with Gasteiger partial charge in [0.05, 0.1) is 5.60 Å². The smallest absolute Gasteiger partial charge is 0.191 e. The SMILES string of the molecule is CCN1CCC(CCNC(=NC)NC2CC(C)(OC)C2(C)C)CC1.I. The monoisotopic (exact) mass is 466 g/mol. The van der Waals surface area contributed by atoms with Gasteiger partial charge in [-0.3, -0.25) is 4.99 Å². The lowest BCUT2D eigenvalue weighted by atomic mass is 9.56. The summed E-state index contributed by atoms with van der Waals surface area (Å²) in [4.78, 5) is 6.95. The van der Waals surface area contributed by atoms with Crippen molar-refractivity contribution in [2.24, 2.45) is 16.3 Å². The first-order valence-corrected chi connectivity index (χ1v) is 9.61. The van der Waals surface area contributed by atoms with Gasteiger partial charge in [-0.2, -0.15) is 0 Å². The van der Waals surface area contributed by atoms with E-state index in [1.54, 1.807) is 0 Å². The van der Waals surface area contributed by atoms with Crippen molar-refractivity contribution in [3.05, 3.63) is 0 Å². The Morgan fingerprint density at radius 1 is 1.24 bits per heavy atom. The van der Waals surface area contributed by atoms with Gasteiger partial charge >= 0.3 is 0 Å². The lowest BCUT2D eigenvalue weighted by Gasteiger charge is -2.59. The fourth-order valence-corrected chi connectivity index (χ4v) is 4.07. The maximum atomic E-state index is 5.71. The Labute approximate surface area is 171 Å². The number of aliphatic imine (C=N–C) groups is 1. The summed E-state index contributed by atoms with van der Waals surface area (Å²) in [5, 5.41) is 7.10. The molecular weight excluding hydrogens is 427 g/mol. The highest BCUT2D eigenvalue weighted by atomic mass is 127. The Hall–Kier alpha value is -0.0800. The van der Waals surface area contributed by atoms with Crippen LogP contribution in [0.1, 0.15) is 53.4 Å². The molecule has 148 valence electrons. The van der Waals surface area contributed by atoms with E-state index in [-0.39, 0.29) is 35.0 Å². The third kappa shape index (κ3) is 5.22. The lowest BCUT2D eigenvalue weighted by molar-refractivity contribution is -0.176. The van der Waals surface area contributed by atoms with Crippen molar-refractivity contribution in [1.29, 1.82) is 0 Å². The number of halogens is 1. The second-order valence-corrected chi connectivity index (χ2v) is 8.22. The summed E-state index contributed by atoms with van der Waals surface area (Å²) in [7, 11) is 3.67. The highest BCUT2D eigenvalue weighted by molar-refractivity contribution is 14.0. The largest absolute Gasteiger partial charge is 0.378 e. The first-order valence-electron chi connectivity index (χ1n) is 9.61. The molecule has 0 aromatic rings. The summed E-state index contributed by atoms with van der Waals surface area (Å²) >= 11 is 0. The first kappa shape index (κ1) is 23.0. The summed E-state index contributed by atoms with van der Waals surface area (Å²) in [6.07, 6.45) is 4.93. The summed E-state index contributed by atoms with van der Waals surface area (Å²) in [6.45, 7) is 13.7. The van der Waals surface area contributed by atoms with Crippen LogP contribution in [0.25, 0.3) is 0 Å². The van der Waals surface area contributed by atoms with E-state index in [9.17, 15) is 0 Å². The quantitative estimate of drug-likeness (QED) is 0.359. The maximum absolute atomic E-state index is 5.71. The summed E-state index contributed by atoms with van der Waals surface area (Å²) in [6, 6.07) is 0.404. The number of likely N-dealkylation sites (tertiary alicyclic amines) is 1. The number of rotatable bonds is 6. The summed E-state index contributed by atoms with van der Waals surface area (Å²) < 4.78 is 5.71. The number of hydrogen-bond donors (Lipinski definition) is 2. The minimum absolute atomic E-state index is 0. The van der Waals surface area contributed by atoms with Crippen molar-refractivity contribution in [3.8, 4) is 0 Å². The Balaban J connectivity index is 0.00000312. The standard InChI is InChI=1S/C19H38N4O.HI/c1-7-23-12-9-15(10-13-23)8-11-21-17(20-5)22-16-14-19(4,24-6)18(16,2)3;/h15-16H,7-14H2,1-6H3,(H2,20,21,22);1H. The summed E-state index contributed by atoms with van der Waals surface area (Å²) in [5.41, 5.74) is 0.0586. The van der Waals surface area contributed by atoms with Crippen LogP contribution in [0.3, 0.4) is 0 Å². The topological polar surface area (TPSA) is 48.9 Å². The van der Waals surface area contributed by atoms with Crippen LogP contribution in [0.5, 0.6) is 0 Å². The molecule has 1 saturated heterocycles. The molecule has 0 aromatic heterocycles. The normalized spacial score (nSPS) is 30.3. The molecule has 0 bridgehead atoms. The number of hydrogen-bond acceptors (Lipinski definition) is 3. The van der Waals surface area contributed by atoms with Crippen molar-refractivity contribution in [2.75, 3.05) is 40.3 Å². The van der Waals surface area contributed by atoms with Gasteiger partial charge in [-0.15, -0.1) is 24.0 Å². The molecule has 6 heteroatoms. The molecule has 25 heavy (non-hydrogen) atoms. The van der Waals surface area contributed by atoms with Gasteiger partial charge in [0.15, 0.2) is 5.96 Å². The molecule has 2 rings (SSSR count). The van der Waals surface area contributed by atoms with Gasteiger partial charge in [0.2, 0.25) is 0 Å². The molecule has 1 saturated carbocycles. The fraction of sp³-hybridized carbons (Fsp3) is 0.947. The zero-order chi connectivity index (χ0) is 17.8. The fourth-order valence-electron chi connectivity index (χ4n) is 4.07. The van der Waals surface area contributed by atoms with E-state index >= 15 is 0 Å². The average Bonchev–Trinajstić information content (AvgIpc) is 2.60. The van der Waals surface area contributed by atoms with Crippen LogP contribution in [0.2, 0.25) is 0 Å². The predicted molar refractivity (Wildman–Crippen MR) is 117 cm³/mol. The highest BCUT2D eigenvalue weighted by Gasteiger charge is 2.58. The average molecular weight is 466 g/mol. The van der Waals surface area contributed by atoms with E-state index in [0.29, 0.717) is 6.04 Å². The molecule has 2 unspecified atom stereocenters. The third-order valence-corrected chi connectivity index (χ3v) is 6.81. The molecule has 0 spiro atoms. The van der Waals surface area contributed by atoms with E-state index in [2.05, 4.69) is 48.2 Å². The minimum Gasteiger partial charge on any atom is -0.378 e. The highest BCUT2D eigenvalue weighted by Crippen LogP contribution is 2.51. The van der Waals surface area contributed by atoms with Crippen LogP contribution in [0, 0.1) is 11.3 Å². The van der Waals surface area contributed by atoms with Crippen LogP contribution >= 0.6 is 24.0 Å². The summed E-state index contributed by atoms with van der Waals surface area (Å²) in [5.74, 6) is 1.78. The van der Waals surface area contributed by atoms with Gasteiger partial charge < -0.3 is 20.3 Å². The van der Waals surface area contributed by atoms with Crippen LogP contribution in [-0.4, -0.2) is 62.8 Å². The molecule has 1 heterocycles. The van der Waals surface area contributed by atoms with Crippen molar-refractivity contribution in [2.45, 2.75) is 65.0 Å². The number of nitrogens with zero attached hydrogens (tertiary/aromatic N) is 2. The molecule has 2 fully saturated rings. The van der Waals surface area contributed by atoms with E-state index in [1.807, 2.05) is 14.2 Å². The second kappa shape index (κ2) is 9.74. The molecule has 1 aliphatic carbocycles. The van der Waals surface area contributed by atoms with Gasteiger partial charge in [-0.1, -0.05) is 20.8 Å². The zero-order valence-electron chi connectivity index (χ0n) is 17.0. The molecule has 0 amide bonds. The van der Waals surface area contributed by atoms with Crippen LogP contribution < -0.4 is 10.6 Å². The maximum Gasteiger partial charge on any atom is 0.191 e. The van der Waals surface area contributed by atoms with Crippen molar-refractivity contribution in [1.82, 2.24) is 15.5 Å². The van der Waals surface area contributed by atoms with Gasteiger partial charge in [0, 0.05) is 32.2 Å². The number of guanidine groups is 1. The molecule has 0 aromatic carbocycles. The van der Waals surface area contributed by atoms with Gasteiger partial charge in [0.1, 0.15) is 0 Å². The van der Waals surface area contributed by atoms with Crippen LogP contribution in [-0.2, 0) is 4.74 Å². The molecule has 2 atom stereocenters. The number of nitrogens with one attached hydrogen (secondary N) is 2. The van der Waals surface area contributed by atoms with E-state index in [0.717, 1.165) is 24.8 Å². The Morgan fingerprint density at radius 2 is 1.88 bits per heavy atom. The van der Waals surface area contributed by atoms with Crippen LogP contribution in [0.15, 0.2) is 4.99 Å². The second-order valence-electron chi connectivity index (χ2n) is 8.22. The molecule has 2 aliphatic rings. The number of ether oxygens (including phenoxy) is 1. The van der Waals surface area contributed by atoms with Crippen molar-refractivity contribution in [3.63, 3.8) is 0 Å². The molecular formula is C19H39IN4O. The van der Waals surface area contributed by atoms with Crippen molar-refractivity contribution < 1.29 is 4.74 Å². The van der Waals surface area contributed by atoms with Gasteiger partial charge in [-0.25, -0.2) is 0 Å². The number of methoxy groups -OCH3 is 1. The molecule has 0 radical (unpaired) electrons. The minimum atomic E-state index is -0.0449. The van der Waals surface area contributed by atoms with E-state index < -0.39 is 0 Å². The predicted octanol–water partition coefficient (Wildman–Crippen LogP) is 3.10. The molecule has 5 nitrogen and oxygen atoms in total. The lowest BCUT2D eigenvalue weighted by Crippen LogP contribution is -2.69. The van der Waals surface area contributed by atoms with E-state index in [4.69, 9.17) is 4.74 Å². The molecule has 2 N–H and O–H groups in total. The first-order chi connectivity index (χ1) is 11.4. The Bertz CT molecular complexity index is 435. The van der Waals surface area contributed by atoms with Gasteiger partial charge in [-0.05, 0) is 58.2 Å². The third-order valence-electron chi connectivity index (χ3n) is 6.81. The Kier molecular flexibility index (Phi) is 8.94. The Morgan fingerprint density at radius 3 is 2.36 bits per heavy atom.